The summed E-state index contributed by atoms with van der Waals surface area (Å²) in [5.41, 5.74) is -0.875. The second-order valence-electron chi connectivity index (χ2n) is 4.92. The van der Waals surface area contributed by atoms with Gasteiger partial charge in [-0.2, -0.15) is 0 Å². The number of hydrogen-bond donors (Lipinski definition) is 1. The first kappa shape index (κ1) is 17.9. The highest BCUT2D eigenvalue weighted by Crippen LogP contribution is 2.17. The number of methoxy groups -OCH3 is 1. The molecule has 25 heavy (non-hydrogen) atoms. The van der Waals surface area contributed by atoms with Crippen molar-refractivity contribution in [3.8, 4) is 11.5 Å². The zero-order valence-corrected chi connectivity index (χ0v) is 13.5. The van der Waals surface area contributed by atoms with E-state index in [2.05, 4.69) is 9.72 Å². The lowest BCUT2D eigenvalue weighted by Crippen LogP contribution is -2.13. The molecular formula is C17H15NO7. The minimum atomic E-state index is -0.916. The van der Waals surface area contributed by atoms with Crippen molar-refractivity contribution in [1.29, 1.82) is 0 Å². The number of aryl methyl sites for hydroxylation is 1. The molecule has 0 saturated carbocycles. The Kier molecular flexibility index (Phi) is 5.67. The molecular weight excluding hydrogens is 330 g/mol. The van der Waals surface area contributed by atoms with Crippen LogP contribution in [0.2, 0.25) is 0 Å². The zero-order valence-electron chi connectivity index (χ0n) is 13.5. The summed E-state index contributed by atoms with van der Waals surface area (Å²) in [7, 11) is 1.24. The third-order valence-corrected chi connectivity index (χ3v) is 3.05. The van der Waals surface area contributed by atoms with E-state index >= 15 is 0 Å². The standard InChI is InChI=1S/C17H15NO7/c1-10-5-14(20)16(17(22)25-10)13(19)4-3-11-6-12(8-18-7-11)24-9-15(21)23-2/h3-8,20H,9H2,1-2H3/b4-3+. The molecule has 8 heteroatoms. The fourth-order valence-electron chi connectivity index (χ4n) is 1.88. The highest BCUT2D eigenvalue weighted by atomic mass is 16.6. The van der Waals surface area contributed by atoms with Gasteiger partial charge in [0.05, 0.1) is 13.3 Å². The fourth-order valence-corrected chi connectivity index (χ4v) is 1.88. The number of ether oxygens (including phenoxy) is 2. The van der Waals surface area contributed by atoms with E-state index in [-0.39, 0.29) is 12.4 Å². The van der Waals surface area contributed by atoms with Crippen molar-refractivity contribution in [2.24, 2.45) is 0 Å². The normalized spacial score (nSPS) is 10.6. The average Bonchev–Trinajstić information content (AvgIpc) is 2.57. The summed E-state index contributed by atoms with van der Waals surface area (Å²) in [6.45, 7) is 1.21. The van der Waals surface area contributed by atoms with Gasteiger partial charge in [-0.3, -0.25) is 9.78 Å². The summed E-state index contributed by atoms with van der Waals surface area (Å²) >= 11 is 0. The van der Waals surface area contributed by atoms with Crippen LogP contribution in [-0.4, -0.2) is 35.6 Å². The molecule has 0 radical (unpaired) electrons. The quantitative estimate of drug-likeness (QED) is 0.476. The van der Waals surface area contributed by atoms with E-state index in [0.29, 0.717) is 11.3 Å². The van der Waals surface area contributed by atoms with Crippen LogP contribution in [0.5, 0.6) is 11.5 Å². The number of allylic oxidation sites excluding steroid dienone is 1. The van der Waals surface area contributed by atoms with E-state index in [1.165, 1.54) is 44.6 Å². The number of nitrogens with zero attached hydrogens (tertiary/aromatic N) is 1. The largest absolute Gasteiger partial charge is 0.507 e. The third-order valence-electron chi connectivity index (χ3n) is 3.05. The van der Waals surface area contributed by atoms with Crippen molar-refractivity contribution < 1.29 is 28.6 Å². The van der Waals surface area contributed by atoms with Crippen LogP contribution in [0.25, 0.3) is 6.08 Å². The second-order valence-corrected chi connectivity index (χ2v) is 4.92. The molecule has 1 N–H and O–H groups in total. The maximum atomic E-state index is 12.1. The summed E-state index contributed by atoms with van der Waals surface area (Å²) in [5.74, 6) is -1.21. The molecule has 0 amide bonds. The Balaban J connectivity index is 2.15. The monoisotopic (exact) mass is 345 g/mol. The molecule has 0 unspecified atom stereocenters. The van der Waals surface area contributed by atoms with E-state index < -0.39 is 28.7 Å². The number of aromatic hydroxyl groups is 1. The molecule has 2 heterocycles. The van der Waals surface area contributed by atoms with Gasteiger partial charge in [-0.05, 0) is 30.7 Å². The van der Waals surface area contributed by atoms with Crippen molar-refractivity contribution >= 4 is 17.8 Å². The number of rotatable bonds is 6. The smallest absolute Gasteiger partial charge is 0.351 e. The molecule has 0 aliphatic carbocycles. The van der Waals surface area contributed by atoms with Gasteiger partial charge in [0.2, 0.25) is 0 Å². The predicted octanol–water partition coefficient (Wildman–Crippen LogP) is 1.50. The number of pyridine rings is 1. The lowest BCUT2D eigenvalue weighted by molar-refractivity contribution is -0.142. The summed E-state index contributed by atoms with van der Waals surface area (Å²) in [5, 5.41) is 9.74. The molecule has 0 bridgehead atoms. The molecule has 0 atom stereocenters. The fraction of sp³-hybridized carbons (Fsp3) is 0.176. The Labute approximate surface area is 142 Å². The maximum absolute atomic E-state index is 12.1. The molecule has 0 aliphatic heterocycles. The molecule has 2 aromatic rings. The summed E-state index contributed by atoms with van der Waals surface area (Å²) < 4.78 is 14.4. The number of esters is 1. The van der Waals surface area contributed by atoms with Gasteiger partial charge in [0, 0.05) is 12.3 Å². The first-order chi connectivity index (χ1) is 11.9. The minimum absolute atomic E-state index is 0.197. The van der Waals surface area contributed by atoms with Crippen LogP contribution in [0.3, 0.4) is 0 Å². The first-order valence-electron chi connectivity index (χ1n) is 7.11. The number of ketones is 1. The summed E-state index contributed by atoms with van der Waals surface area (Å²) in [6.07, 6.45) is 5.33. The van der Waals surface area contributed by atoms with Crippen molar-refractivity contribution in [2.45, 2.75) is 6.92 Å². The Hall–Kier alpha value is -3.42. The van der Waals surface area contributed by atoms with Gasteiger partial charge < -0.3 is 19.0 Å². The van der Waals surface area contributed by atoms with Gasteiger partial charge in [-0.1, -0.05) is 0 Å². The molecule has 0 spiro atoms. The van der Waals surface area contributed by atoms with Crippen molar-refractivity contribution in [2.75, 3.05) is 13.7 Å². The predicted molar refractivity (Wildman–Crippen MR) is 86.5 cm³/mol. The molecule has 2 aromatic heterocycles. The van der Waals surface area contributed by atoms with E-state index in [9.17, 15) is 19.5 Å². The van der Waals surface area contributed by atoms with Gasteiger partial charge in [0.1, 0.15) is 22.8 Å². The first-order valence-corrected chi connectivity index (χ1v) is 7.11. The number of hydrogen-bond acceptors (Lipinski definition) is 8. The Morgan fingerprint density at radius 2 is 2.08 bits per heavy atom. The molecule has 0 aromatic carbocycles. The molecule has 0 saturated heterocycles. The van der Waals surface area contributed by atoms with Crippen LogP contribution in [0.4, 0.5) is 0 Å². The lowest BCUT2D eigenvalue weighted by Gasteiger charge is -2.04. The van der Waals surface area contributed by atoms with Crippen LogP contribution < -0.4 is 10.4 Å². The van der Waals surface area contributed by atoms with Gasteiger partial charge in [0.15, 0.2) is 12.4 Å². The van der Waals surface area contributed by atoms with E-state index in [1.807, 2.05) is 0 Å². The van der Waals surface area contributed by atoms with E-state index in [4.69, 9.17) is 9.15 Å². The Morgan fingerprint density at radius 3 is 2.76 bits per heavy atom. The lowest BCUT2D eigenvalue weighted by atomic mass is 10.1. The molecule has 130 valence electrons. The van der Waals surface area contributed by atoms with Crippen LogP contribution in [-0.2, 0) is 9.53 Å². The number of carbonyl (C=O) groups excluding carboxylic acids is 2. The third kappa shape index (κ3) is 4.77. The summed E-state index contributed by atoms with van der Waals surface area (Å²) in [6, 6.07) is 2.72. The molecule has 2 rings (SSSR count). The van der Waals surface area contributed by atoms with Crippen LogP contribution in [0, 0.1) is 6.92 Å². The Bertz CT molecular complexity index is 883. The zero-order chi connectivity index (χ0) is 18.4. The molecule has 8 nitrogen and oxygen atoms in total. The maximum Gasteiger partial charge on any atom is 0.351 e. The van der Waals surface area contributed by atoms with Gasteiger partial charge in [-0.25, -0.2) is 9.59 Å². The number of aromatic nitrogens is 1. The summed E-state index contributed by atoms with van der Waals surface area (Å²) in [4.78, 5) is 38.7. The second kappa shape index (κ2) is 7.91. The van der Waals surface area contributed by atoms with Crippen LogP contribution in [0.15, 0.2) is 39.8 Å². The van der Waals surface area contributed by atoms with E-state index in [0.717, 1.165) is 6.08 Å². The average molecular weight is 345 g/mol. The SMILES string of the molecule is COC(=O)COc1cncc(/C=C/C(=O)c2c(O)cc(C)oc2=O)c1. The minimum Gasteiger partial charge on any atom is -0.507 e. The topological polar surface area (TPSA) is 116 Å². The van der Waals surface area contributed by atoms with Crippen molar-refractivity contribution in [1.82, 2.24) is 4.98 Å². The molecule has 0 aliphatic rings. The highest BCUT2D eigenvalue weighted by molar-refractivity contribution is 6.08. The van der Waals surface area contributed by atoms with Crippen molar-refractivity contribution in [3.63, 3.8) is 0 Å². The van der Waals surface area contributed by atoms with Gasteiger partial charge in [0.25, 0.3) is 0 Å². The van der Waals surface area contributed by atoms with Crippen LogP contribution in [0.1, 0.15) is 21.7 Å². The van der Waals surface area contributed by atoms with Gasteiger partial charge in [-0.15, -0.1) is 0 Å². The molecule has 0 fully saturated rings. The Morgan fingerprint density at radius 1 is 1.32 bits per heavy atom. The number of carbonyl (C=O) groups is 2. The van der Waals surface area contributed by atoms with Crippen molar-refractivity contribution in [3.05, 3.63) is 57.9 Å². The van der Waals surface area contributed by atoms with Gasteiger partial charge >= 0.3 is 11.6 Å². The van der Waals surface area contributed by atoms with E-state index in [1.54, 1.807) is 0 Å². The van der Waals surface area contributed by atoms with Crippen LogP contribution >= 0.6 is 0 Å². The highest BCUT2D eigenvalue weighted by Gasteiger charge is 2.15.